The van der Waals surface area contributed by atoms with Gasteiger partial charge in [0.05, 0.1) is 10.6 Å². The molecule has 146 valence electrons. The highest BCUT2D eigenvalue weighted by atomic mass is 35.5. The summed E-state index contributed by atoms with van der Waals surface area (Å²) >= 11 is 6.15. The molecule has 0 spiro atoms. The standard InChI is InChI=1S/C23H26ClN3O/c1-3-14(2)25-15-8-10-21-18(12-15)19-13-16(9-11-22(19)27-21)26-23(28)17-6-4-5-7-20(17)24/h4-7,9,11,13-15,25,27H,3,8,10,12H2,1-2H3,(H,26,28). The van der Waals surface area contributed by atoms with Crippen LogP contribution in [0.5, 0.6) is 0 Å². The molecule has 0 radical (unpaired) electrons. The summed E-state index contributed by atoms with van der Waals surface area (Å²) in [4.78, 5) is 16.2. The average molecular weight is 396 g/mol. The number of anilines is 1. The van der Waals surface area contributed by atoms with E-state index in [-0.39, 0.29) is 5.91 Å². The maximum atomic E-state index is 12.6. The summed E-state index contributed by atoms with van der Waals surface area (Å²) in [6, 6.07) is 14.2. The first-order valence-electron chi connectivity index (χ1n) is 10.0. The second-order valence-corrected chi connectivity index (χ2v) is 8.10. The number of aryl methyl sites for hydroxylation is 1. The number of H-pyrrole nitrogens is 1. The number of fused-ring (bicyclic) bond motifs is 3. The van der Waals surface area contributed by atoms with Crippen molar-refractivity contribution in [3.05, 3.63) is 64.3 Å². The molecule has 5 heteroatoms. The number of benzene rings is 2. The number of halogens is 1. The molecular formula is C23H26ClN3O. The Morgan fingerprint density at radius 3 is 2.89 bits per heavy atom. The maximum Gasteiger partial charge on any atom is 0.257 e. The Morgan fingerprint density at radius 1 is 1.29 bits per heavy atom. The fourth-order valence-corrected chi connectivity index (χ4v) is 4.22. The fraction of sp³-hybridized carbons (Fsp3) is 0.348. The number of amides is 1. The zero-order valence-corrected chi connectivity index (χ0v) is 17.1. The van der Waals surface area contributed by atoms with Gasteiger partial charge in [-0.25, -0.2) is 0 Å². The molecule has 2 unspecified atom stereocenters. The third kappa shape index (κ3) is 3.80. The molecule has 0 bridgehead atoms. The van der Waals surface area contributed by atoms with Gasteiger partial charge in [-0.1, -0.05) is 30.7 Å². The van der Waals surface area contributed by atoms with Gasteiger partial charge in [0.1, 0.15) is 0 Å². The average Bonchev–Trinajstić information content (AvgIpc) is 3.05. The van der Waals surface area contributed by atoms with Crippen LogP contribution in [0.15, 0.2) is 42.5 Å². The monoisotopic (exact) mass is 395 g/mol. The van der Waals surface area contributed by atoms with Gasteiger partial charge in [0.25, 0.3) is 5.91 Å². The number of hydrogen-bond acceptors (Lipinski definition) is 2. The Morgan fingerprint density at radius 2 is 2.11 bits per heavy atom. The van der Waals surface area contributed by atoms with Crippen LogP contribution in [-0.4, -0.2) is 23.0 Å². The van der Waals surface area contributed by atoms with Crippen LogP contribution < -0.4 is 10.6 Å². The van der Waals surface area contributed by atoms with Crippen molar-refractivity contribution in [1.82, 2.24) is 10.3 Å². The molecule has 2 atom stereocenters. The number of carbonyl (C=O) groups is 1. The molecule has 0 saturated heterocycles. The van der Waals surface area contributed by atoms with E-state index in [1.165, 1.54) is 16.6 Å². The summed E-state index contributed by atoms with van der Waals surface area (Å²) in [6.45, 7) is 4.46. The largest absolute Gasteiger partial charge is 0.358 e. The Hall–Kier alpha value is -2.30. The maximum absolute atomic E-state index is 12.6. The lowest BCUT2D eigenvalue weighted by Crippen LogP contribution is -2.39. The SMILES string of the molecule is CCC(C)NC1CCc2[nH]c3ccc(NC(=O)c4ccccc4Cl)cc3c2C1. The predicted molar refractivity (Wildman–Crippen MR) is 116 cm³/mol. The van der Waals surface area contributed by atoms with Gasteiger partial charge in [0, 0.05) is 34.4 Å². The van der Waals surface area contributed by atoms with E-state index in [1.54, 1.807) is 12.1 Å². The van der Waals surface area contributed by atoms with Crippen LogP contribution >= 0.6 is 11.6 Å². The zero-order valence-electron chi connectivity index (χ0n) is 16.3. The summed E-state index contributed by atoms with van der Waals surface area (Å²) in [6.07, 6.45) is 4.36. The molecule has 0 saturated carbocycles. The first-order chi connectivity index (χ1) is 13.5. The quantitative estimate of drug-likeness (QED) is 0.547. The fourth-order valence-electron chi connectivity index (χ4n) is 4.00. The van der Waals surface area contributed by atoms with Gasteiger partial charge in [-0.15, -0.1) is 0 Å². The van der Waals surface area contributed by atoms with Gasteiger partial charge < -0.3 is 15.6 Å². The van der Waals surface area contributed by atoms with Crippen LogP contribution in [0, 0.1) is 0 Å². The van der Waals surface area contributed by atoms with Crippen LogP contribution in [0.1, 0.15) is 48.3 Å². The predicted octanol–water partition coefficient (Wildman–Crippen LogP) is 5.32. The molecule has 0 fully saturated rings. The van der Waals surface area contributed by atoms with Gasteiger partial charge in [-0.05, 0) is 68.5 Å². The topological polar surface area (TPSA) is 56.9 Å². The van der Waals surface area contributed by atoms with Crippen molar-refractivity contribution >= 4 is 34.1 Å². The number of rotatable bonds is 5. The van der Waals surface area contributed by atoms with E-state index in [1.807, 2.05) is 24.3 Å². The van der Waals surface area contributed by atoms with E-state index in [0.717, 1.165) is 36.9 Å². The van der Waals surface area contributed by atoms with Gasteiger partial charge in [-0.2, -0.15) is 0 Å². The lowest BCUT2D eigenvalue weighted by Gasteiger charge is -2.26. The van der Waals surface area contributed by atoms with E-state index in [2.05, 4.69) is 35.5 Å². The second kappa shape index (κ2) is 7.98. The van der Waals surface area contributed by atoms with Crippen molar-refractivity contribution in [1.29, 1.82) is 0 Å². The first-order valence-corrected chi connectivity index (χ1v) is 10.4. The minimum absolute atomic E-state index is 0.189. The van der Waals surface area contributed by atoms with Crippen molar-refractivity contribution < 1.29 is 4.79 Å². The van der Waals surface area contributed by atoms with Crippen molar-refractivity contribution in [2.24, 2.45) is 0 Å². The second-order valence-electron chi connectivity index (χ2n) is 7.69. The number of carbonyl (C=O) groups excluding carboxylic acids is 1. The normalized spacial score (nSPS) is 17.3. The number of aromatic nitrogens is 1. The molecule has 1 amide bonds. The molecule has 4 nitrogen and oxygen atoms in total. The van der Waals surface area contributed by atoms with Crippen LogP contribution in [-0.2, 0) is 12.8 Å². The van der Waals surface area contributed by atoms with Crippen molar-refractivity contribution in [2.75, 3.05) is 5.32 Å². The Labute approximate surface area is 170 Å². The zero-order chi connectivity index (χ0) is 19.7. The summed E-state index contributed by atoms with van der Waals surface area (Å²) in [5.74, 6) is -0.189. The molecule has 0 aliphatic heterocycles. The lowest BCUT2D eigenvalue weighted by atomic mass is 9.91. The summed E-state index contributed by atoms with van der Waals surface area (Å²) in [5.41, 5.74) is 5.10. The van der Waals surface area contributed by atoms with Gasteiger partial charge in [-0.3, -0.25) is 4.79 Å². The first kappa shape index (κ1) is 19.0. The highest BCUT2D eigenvalue weighted by Crippen LogP contribution is 2.31. The van der Waals surface area contributed by atoms with Crippen molar-refractivity contribution in [3.8, 4) is 0 Å². The van der Waals surface area contributed by atoms with Crippen molar-refractivity contribution in [2.45, 2.75) is 51.6 Å². The highest BCUT2D eigenvalue weighted by Gasteiger charge is 2.23. The molecule has 1 aliphatic carbocycles. The molecule has 1 aliphatic rings. The van der Waals surface area contributed by atoms with E-state index in [9.17, 15) is 4.79 Å². The van der Waals surface area contributed by atoms with Crippen LogP contribution in [0.3, 0.4) is 0 Å². The Kier molecular flexibility index (Phi) is 5.42. The number of aromatic amines is 1. The summed E-state index contributed by atoms with van der Waals surface area (Å²) in [5, 5.41) is 8.38. The van der Waals surface area contributed by atoms with Gasteiger partial charge >= 0.3 is 0 Å². The number of nitrogens with one attached hydrogen (secondary N) is 3. The minimum atomic E-state index is -0.189. The summed E-state index contributed by atoms with van der Waals surface area (Å²) < 4.78 is 0. The van der Waals surface area contributed by atoms with Gasteiger partial charge in [0.2, 0.25) is 0 Å². The van der Waals surface area contributed by atoms with Gasteiger partial charge in [0.15, 0.2) is 0 Å². The molecule has 4 rings (SSSR count). The van der Waals surface area contributed by atoms with Crippen LogP contribution in [0.4, 0.5) is 5.69 Å². The van der Waals surface area contributed by atoms with E-state index >= 15 is 0 Å². The molecule has 2 aromatic carbocycles. The molecule has 28 heavy (non-hydrogen) atoms. The lowest BCUT2D eigenvalue weighted by molar-refractivity contribution is 0.102. The van der Waals surface area contributed by atoms with E-state index in [4.69, 9.17) is 11.6 Å². The molecule has 1 aromatic heterocycles. The molecule has 3 aromatic rings. The third-order valence-electron chi connectivity index (χ3n) is 5.70. The summed E-state index contributed by atoms with van der Waals surface area (Å²) in [7, 11) is 0. The van der Waals surface area contributed by atoms with Crippen molar-refractivity contribution in [3.63, 3.8) is 0 Å². The molecular weight excluding hydrogens is 370 g/mol. The Balaban J connectivity index is 1.59. The van der Waals surface area contributed by atoms with Crippen LogP contribution in [0.2, 0.25) is 5.02 Å². The highest BCUT2D eigenvalue weighted by molar-refractivity contribution is 6.34. The third-order valence-corrected chi connectivity index (χ3v) is 6.03. The molecule has 3 N–H and O–H groups in total. The van der Waals surface area contributed by atoms with E-state index in [0.29, 0.717) is 22.7 Å². The van der Waals surface area contributed by atoms with E-state index < -0.39 is 0 Å². The van der Waals surface area contributed by atoms with Crippen LogP contribution in [0.25, 0.3) is 10.9 Å². The number of hydrogen-bond donors (Lipinski definition) is 3. The molecule has 1 heterocycles. The smallest absolute Gasteiger partial charge is 0.257 e. The minimum Gasteiger partial charge on any atom is -0.358 e. The Bertz CT molecular complexity index is 1010.